The minimum absolute atomic E-state index is 0.0199. The Balaban J connectivity index is 1.53. The molecule has 2 fully saturated rings. The van der Waals surface area contributed by atoms with E-state index in [1.807, 2.05) is 13.0 Å². The maximum atomic E-state index is 13.3. The number of anilines is 1. The van der Waals surface area contributed by atoms with Gasteiger partial charge in [-0.05, 0) is 44.4 Å². The van der Waals surface area contributed by atoms with Crippen molar-refractivity contribution >= 4 is 11.6 Å². The summed E-state index contributed by atoms with van der Waals surface area (Å²) < 4.78 is 5.56. The van der Waals surface area contributed by atoms with Crippen molar-refractivity contribution in [1.29, 1.82) is 0 Å². The summed E-state index contributed by atoms with van der Waals surface area (Å²) in [7, 11) is 0. The van der Waals surface area contributed by atoms with Crippen molar-refractivity contribution in [2.45, 2.75) is 32.7 Å². The maximum absolute atomic E-state index is 13.3. The Morgan fingerprint density at radius 2 is 1.73 bits per heavy atom. The number of nitrogens with zero attached hydrogens (tertiary/aromatic N) is 2. The van der Waals surface area contributed by atoms with Crippen molar-refractivity contribution in [1.82, 2.24) is 10.2 Å². The van der Waals surface area contributed by atoms with Crippen molar-refractivity contribution in [3.05, 3.63) is 64.7 Å². The third-order valence-corrected chi connectivity index (χ3v) is 6.21. The van der Waals surface area contributed by atoms with Gasteiger partial charge in [-0.15, -0.1) is 0 Å². The SMILES string of the molecule is Cc1cccc(C(CNC(=O)c2cc(C)ccc2N2CCCC2)N2CCOCC2)c1. The Kier molecular flexibility index (Phi) is 6.70. The normalized spacial score (nSPS) is 18.4. The van der Waals surface area contributed by atoms with Crippen molar-refractivity contribution < 1.29 is 9.53 Å². The van der Waals surface area contributed by atoms with Crippen LogP contribution in [0.5, 0.6) is 0 Å². The molecule has 2 aliphatic rings. The van der Waals surface area contributed by atoms with Gasteiger partial charge in [0.15, 0.2) is 0 Å². The number of nitrogens with one attached hydrogen (secondary N) is 1. The van der Waals surface area contributed by atoms with Crippen LogP contribution in [0.2, 0.25) is 0 Å². The molecule has 0 spiro atoms. The first-order valence-electron chi connectivity index (χ1n) is 11.1. The Morgan fingerprint density at radius 3 is 2.47 bits per heavy atom. The van der Waals surface area contributed by atoms with Gasteiger partial charge < -0.3 is 15.0 Å². The molecule has 1 unspecified atom stereocenters. The van der Waals surface area contributed by atoms with Crippen molar-refractivity contribution in [3.8, 4) is 0 Å². The Hall–Kier alpha value is -2.37. The monoisotopic (exact) mass is 407 g/mol. The summed E-state index contributed by atoms with van der Waals surface area (Å²) >= 11 is 0. The minimum Gasteiger partial charge on any atom is -0.379 e. The lowest BCUT2D eigenvalue weighted by atomic mass is 10.0. The summed E-state index contributed by atoms with van der Waals surface area (Å²) in [4.78, 5) is 18.0. The van der Waals surface area contributed by atoms with Crippen LogP contribution in [0.3, 0.4) is 0 Å². The van der Waals surface area contributed by atoms with Crippen LogP contribution in [-0.2, 0) is 4.74 Å². The van der Waals surface area contributed by atoms with Crippen LogP contribution in [0.25, 0.3) is 0 Å². The van der Waals surface area contributed by atoms with Gasteiger partial charge in [0, 0.05) is 38.4 Å². The van der Waals surface area contributed by atoms with Gasteiger partial charge in [0.2, 0.25) is 0 Å². The molecular weight excluding hydrogens is 374 g/mol. The second-order valence-electron chi connectivity index (χ2n) is 8.50. The molecular formula is C25H33N3O2. The van der Waals surface area contributed by atoms with Crippen LogP contribution in [0.4, 0.5) is 5.69 Å². The molecule has 30 heavy (non-hydrogen) atoms. The topological polar surface area (TPSA) is 44.8 Å². The van der Waals surface area contributed by atoms with Crippen LogP contribution in [-0.4, -0.2) is 56.7 Å². The average Bonchev–Trinajstić information content (AvgIpc) is 3.29. The molecule has 0 aromatic heterocycles. The summed E-state index contributed by atoms with van der Waals surface area (Å²) in [5, 5.41) is 3.26. The van der Waals surface area contributed by atoms with Gasteiger partial charge in [-0.3, -0.25) is 9.69 Å². The lowest BCUT2D eigenvalue weighted by molar-refractivity contribution is 0.0162. The highest BCUT2D eigenvalue weighted by atomic mass is 16.5. The Morgan fingerprint density at radius 1 is 1.00 bits per heavy atom. The van der Waals surface area contributed by atoms with Crippen molar-refractivity contribution in [3.63, 3.8) is 0 Å². The molecule has 4 rings (SSSR count). The predicted molar refractivity (Wildman–Crippen MR) is 121 cm³/mol. The number of aryl methyl sites for hydroxylation is 2. The molecule has 0 radical (unpaired) electrons. The highest BCUT2D eigenvalue weighted by Gasteiger charge is 2.25. The van der Waals surface area contributed by atoms with Crippen LogP contribution in [0.1, 0.15) is 45.9 Å². The molecule has 2 aromatic carbocycles. The molecule has 2 aliphatic heterocycles. The molecule has 0 saturated carbocycles. The summed E-state index contributed by atoms with van der Waals surface area (Å²) in [6.07, 6.45) is 2.39. The van der Waals surface area contributed by atoms with Gasteiger partial charge >= 0.3 is 0 Å². The van der Waals surface area contributed by atoms with Crippen LogP contribution < -0.4 is 10.2 Å². The first-order chi connectivity index (χ1) is 14.6. The van der Waals surface area contributed by atoms with Gasteiger partial charge in [-0.25, -0.2) is 0 Å². The first-order valence-corrected chi connectivity index (χ1v) is 11.1. The lowest BCUT2D eigenvalue weighted by Crippen LogP contribution is -2.44. The average molecular weight is 408 g/mol. The zero-order valence-electron chi connectivity index (χ0n) is 18.2. The summed E-state index contributed by atoms with van der Waals surface area (Å²) in [6, 6.07) is 15.0. The maximum Gasteiger partial charge on any atom is 0.253 e. The number of hydrogen-bond donors (Lipinski definition) is 1. The quantitative estimate of drug-likeness (QED) is 0.793. The fraction of sp³-hybridized carbons (Fsp3) is 0.480. The molecule has 2 aromatic rings. The molecule has 1 atom stereocenters. The summed E-state index contributed by atoms with van der Waals surface area (Å²) in [5.41, 5.74) is 5.47. The second-order valence-corrected chi connectivity index (χ2v) is 8.50. The van der Waals surface area contributed by atoms with Gasteiger partial charge in [-0.1, -0.05) is 41.5 Å². The van der Waals surface area contributed by atoms with E-state index in [1.165, 1.54) is 24.0 Å². The molecule has 1 N–H and O–H groups in total. The zero-order valence-corrected chi connectivity index (χ0v) is 18.2. The van der Waals surface area contributed by atoms with E-state index in [4.69, 9.17) is 4.74 Å². The molecule has 0 aliphatic carbocycles. The van der Waals surface area contributed by atoms with Gasteiger partial charge in [0.1, 0.15) is 0 Å². The minimum atomic E-state index is 0.0199. The highest BCUT2D eigenvalue weighted by molar-refractivity contribution is 6.00. The number of ether oxygens (including phenoxy) is 1. The van der Waals surface area contributed by atoms with Crippen LogP contribution in [0.15, 0.2) is 42.5 Å². The Labute approximate surface area is 180 Å². The zero-order chi connectivity index (χ0) is 20.9. The smallest absolute Gasteiger partial charge is 0.253 e. The van der Waals surface area contributed by atoms with E-state index in [0.717, 1.165) is 56.2 Å². The number of rotatable bonds is 6. The number of carbonyl (C=O) groups excluding carboxylic acids is 1. The van der Waals surface area contributed by atoms with Crippen LogP contribution in [0, 0.1) is 13.8 Å². The number of benzene rings is 2. The summed E-state index contributed by atoms with van der Waals surface area (Å²) in [5.74, 6) is 0.0199. The van der Waals surface area contributed by atoms with Crippen molar-refractivity contribution in [2.75, 3.05) is 50.8 Å². The third-order valence-electron chi connectivity index (χ3n) is 6.21. The van der Waals surface area contributed by atoms with E-state index in [-0.39, 0.29) is 11.9 Å². The molecule has 160 valence electrons. The second kappa shape index (κ2) is 9.63. The predicted octanol–water partition coefficient (Wildman–Crippen LogP) is 3.71. The van der Waals surface area contributed by atoms with Gasteiger partial charge in [0.25, 0.3) is 5.91 Å². The fourth-order valence-corrected chi connectivity index (χ4v) is 4.57. The lowest BCUT2D eigenvalue weighted by Gasteiger charge is -2.35. The third kappa shape index (κ3) is 4.85. The van der Waals surface area contributed by atoms with E-state index >= 15 is 0 Å². The van der Waals surface area contributed by atoms with Gasteiger partial charge in [-0.2, -0.15) is 0 Å². The van der Waals surface area contributed by atoms with E-state index in [0.29, 0.717) is 6.54 Å². The van der Waals surface area contributed by atoms with E-state index < -0.39 is 0 Å². The number of amides is 1. The summed E-state index contributed by atoms with van der Waals surface area (Å²) in [6.45, 7) is 10.1. The fourth-order valence-electron chi connectivity index (χ4n) is 4.57. The van der Waals surface area contributed by atoms with Crippen LogP contribution >= 0.6 is 0 Å². The van der Waals surface area contributed by atoms with Gasteiger partial charge in [0.05, 0.1) is 24.8 Å². The number of carbonyl (C=O) groups is 1. The molecule has 2 heterocycles. The van der Waals surface area contributed by atoms with E-state index in [2.05, 4.69) is 58.4 Å². The molecule has 1 amide bonds. The molecule has 5 heteroatoms. The number of morpholine rings is 1. The largest absolute Gasteiger partial charge is 0.379 e. The molecule has 0 bridgehead atoms. The van der Waals surface area contributed by atoms with E-state index in [9.17, 15) is 4.79 Å². The Bertz CT molecular complexity index is 870. The standard InChI is InChI=1S/C25H33N3O2/c1-19-6-5-7-21(16-19)24(28-12-14-30-15-13-28)18-26-25(29)22-17-20(2)8-9-23(22)27-10-3-4-11-27/h5-9,16-17,24H,3-4,10-15,18H2,1-2H3,(H,26,29). The molecule has 2 saturated heterocycles. The van der Waals surface area contributed by atoms with E-state index in [1.54, 1.807) is 0 Å². The highest BCUT2D eigenvalue weighted by Crippen LogP contribution is 2.27. The number of hydrogen-bond acceptors (Lipinski definition) is 4. The van der Waals surface area contributed by atoms with Crippen molar-refractivity contribution in [2.24, 2.45) is 0 Å². The molecule has 5 nitrogen and oxygen atoms in total. The first kappa shape index (κ1) is 20.9.